The van der Waals surface area contributed by atoms with Gasteiger partial charge in [0.1, 0.15) is 5.75 Å². The van der Waals surface area contributed by atoms with Crippen molar-refractivity contribution in [2.75, 3.05) is 18.0 Å². The summed E-state index contributed by atoms with van der Waals surface area (Å²) in [5.74, 6) is -1.19. The van der Waals surface area contributed by atoms with Crippen LogP contribution < -0.4 is 15.0 Å². The maximum Gasteiger partial charge on any atom is 0.573 e. The molecule has 1 saturated heterocycles. The molecule has 1 saturated carbocycles. The molecule has 0 atom stereocenters. The van der Waals surface area contributed by atoms with Crippen molar-refractivity contribution in [2.45, 2.75) is 77.7 Å². The first-order valence-corrected chi connectivity index (χ1v) is 14.2. The molecule has 42 heavy (non-hydrogen) atoms. The second-order valence-corrected chi connectivity index (χ2v) is 12.3. The number of hydrogen-bond acceptors (Lipinski definition) is 4. The van der Waals surface area contributed by atoms with Gasteiger partial charge in [-0.15, -0.1) is 13.2 Å². The van der Waals surface area contributed by atoms with E-state index in [9.17, 15) is 27.6 Å². The van der Waals surface area contributed by atoms with E-state index in [2.05, 4.69) is 30.8 Å². The van der Waals surface area contributed by atoms with Gasteiger partial charge >= 0.3 is 18.4 Å². The number of ether oxygens (including phenoxy) is 1. The number of alkyl halides is 3. The summed E-state index contributed by atoms with van der Waals surface area (Å²) >= 11 is 0. The van der Waals surface area contributed by atoms with Gasteiger partial charge in [-0.25, -0.2) is 4.79 Å². The molecule has 2 aromatic carbocycles. The molecule has 1 spiro atoms. The zero-order valence-corrected chi connectivity index (χ0v) is 24.2. The summed E-state index contributed by atoms with van der Waals surface area (Å²) in [6.45, 7) is 7.51. The minimum absolute atomic E-state index is 0.0232. The monoisotopic (exact) mass is 589 g/mol. The molecule has 3 amide bonds. The molecule has 1 aliphatic carbocycles. The number of halogens is 3. The Hall–Kier alpha value is -3.76. The number of rotatable bonds is 8. The lowest BCUT2D eigenvalue weighted by Gasteiger charge is -2.54. The van der Waals surface area contributed by atoms with E-state index in [4.69, 9.17) is 5.11 Å². The molecule has 0 radical (unpaired) electrons. The number of nitrogens with zero attached hydrogens (tertiary/aromatic N) is 2. The quantitative estimate of drug-likeness (QED) is 0.362. The van der Waals surface area contributed by atoms with Gasteiger partial charge in [-0.05, 0) is 85.4 Å². The van der Waals surface area contributed by atoms with Crippen molar-refractivity contribution in [2.24, 2.45) is 11.3 Å². The molecule has 1 heterocycles. The largest absolute Gasteiger partial charge is 0.573 e. The minimum Gasteiger partial charge on any atom is -0.481 e. The third kappa shape index (κ3) is 7.54. The Bertz CT molecular complexity index is 1260. The van der Waals surface area contributed by atoms with Crippen molar-refractivity contribution < 1.29 is 37.4 Å². The maximum atomic E-state index is 14.1. The van der Waals surface area contributed by atoms with Gasteiger partial charge in [-0.3, -0.25) is 14.5 Å². The maximum absolute atomic E-state index is 14.1. The molecule has 11 heteroatoms. The van der Waals surface area contributed by atoms with Crippen LogP contribution in [-0.2, 0) is 11.3 Å². The van der Waals surface area contributed by atoms with Gasteiger partial charge in [0.05, 0.1) is 6.42 Å². The Morgan fingerprint density at radius 1 is 1.00 bits per heavy atom. The Balaban J connectivity index is 1.54. The van der Waals surface area contributed by atoms with Crippen LogP contribution in [0.15, 0.2) is 48.5 Å². The van der Waals surface area contributed by atoms with Crippen LogP contribution in [0.5, 0.6) is 5.75 Å². The van der Waals surface area contributed by atoms with Gasteiger partial charge in [-0.2, -0.15) is 0 Å². The summed E-state index contributed by atoms with van der Waals surface area (Å²) in [5.41, 5.74) is 1.53. The minimum atomic E-state index is -4.80. The third-order valence-electron chi connectivity index (χ3n) is 8.54. The number of carboxylic acid groups (broad SMARTS) is 1. The topological polar surface area (TPSA) is 99.2 Å². The van der Waals surface area contributed by atoms with Crippen molar-refractivity contribution in [3.05, 3.63) is 59.7 Å². The Kier molecular flexibility index (Phi) is 9.08. The van der Waals surface area contributed by atoms with Crippen LogP contribution in [0.3, 0.4) is 0 Å². The standard InChI is InChI=1S/C31H38F3N3O5/c1-29(2,3)23-12-15-30(16-13-23)17-19-36(24-8-10-25(11-9-24)42-31(32,33)34)28(41)37(30)20-21-4-6-22(7-5-21)27(40)35-18-14-26(38)39/h4-11,23H,12-20H2,1-3H3,(H,35,40)(H,38,39)/t23-,30-. The SMILES string of the molecule is CC(C)(C)[C@H]1CC[C@@]2(CCN(c3ccc(OC(F)(F)F)cc3)C(=O)N2Cc2ccc(C(=O)NCCC(=O)O)cc2)CC1. The lowest BCUT2D eigenvalue weighted by atomic mass is 9.65. The molecule has 2 N–H and O–H groups in total. The van der Waals surface area contributed by atoms with Crippen LogP contribution in [0.25, 0.3) is 0 Å². The van der Waals surface area contributed by atoms with Crippen molar-refractivity contribution in [3.8, 4) is 5.75 Å². The van der Waals surface area contributed by atoms with E-state index in [0.717, 1.165) is 37.7 Å². The molecule has 2 aromatic rings. The third-order valence-corrected chi connectivity index (χ3v) is 8.54. The smallest absolute Gasteiger partial charge is 0.481 e. The average Bonchev–Trinajstić information content (AvgIpc) is 2.91. The fourth-order valence-corrected chi connectivity index (χ4v) is 6.07. The second-order valence-electron chi connectivity index (χ2n) is 12.3. The lowest BCUT2D eigenvalue weighted by Crippen LogP contribution is -2.63. The molecular weight excluding hydrogens is 551 g/mol. The summed E-state index contributed by atoms with van der Waals surface area (Å²) in [7, 11) is 0. The summed E-state index contributed by atoms with van der Waals surface area (Å²) in [4.78, 5) is 40.7. The number of carbonyl (C=O) groups excluding carboxylic acids is 2. The van der Waals surface area contributed by atoms with Gasteiger partial charge in [0.15, 0.2) is 0 Å². The number of carboxylic acids is 1. The summed E-state index contributed by atoms with van der Waals surface area (Å²) in [6, 6.07) is 12.0. The number of urea groups is 1. The van der Waals surface area contributed by atoms with Crippen LogP contribution in [0, 0.1) is 11.3 Å². The Morgan fingerprint density at radius 2 is 1.62 bits per heavy atom. The van der Waals surface area contributed by atoms with Gasteiger partial charge in [-0.1, -0.05) is 32.9 Å². The highest BCUT2D eigenvalue weighted by Crippen LogP contribution is 2.47. The highest BCUT2D eigenvalue weighted by atomic mass is 19.4. The molecule has 8 nitrogen and oxygen atoms in total. The zero-order valence-electron chi connectivity index (χ0n) is 24.2. The Labute approximate surface area is 243 Å². The normalized spacial score (nSPS) is 21.4. The lowest BCUT2D eigenvalue weighted by molar-refractivity contribution is -0.274. The first-order chi connectivity index (χ1) is 19.7. The number of aliphatic carboxylic acids is 1. The summed E-state index contributed by atoms with van der Waals surface area (Å²) < 4.78 is 41.9. The van der Waals surface area contributed by atoms with E-state index >= 15 is 0 Å². The molecule has 0 unspecified atom stereocenters. The fraction of sp³-hybridized carbons (Fsp3) is 0.516. The van der Waals surface area contributed by atoms with Crippen molar-refractivity contribution in [3.63, 3.8) is 0 Å². The number of amides is 3. The number of hydrogen-bond donors (Lipinski definition) is 2. The van der Waals surface area contributed by atoms with Crippen LogP contribution in [0.1, 0.15) is 75.2 Å². The van der Waals surface area contributed by atoms with Crippen molar-refractivity contribution in [1.82, 2.24) is 10.2 Å². The summed E-state index contributed by atoms with van der Waals surface area (Å²) in [5, 5.41) is 11.4. The number of anilines is 1. The number of nitrogens with one attached hydrogen (secondary N) is 1. The van der Waals surface area contributed by atoms with Gasteiger partial charge in [0.25, 0.3) is 5.91 Å². The van der Waals surface area contributed by atoms with Crippen LogP contribution >= 0.6 is 0 Å². The molecule has 0 bridgehead atoms. The molecule has 4 rings (SSSR count). The van der Waals surface area contributed by atoms with Gasteiger partial charge in [0.2, 0.25) is 0 Å². The highest BCUT2D eigenvalue weighted by Gasteiger charge is 2.48. The molecule has 1 aliphatic heterocycles. The van der Waals surface area contributed by atoms with Crippen LogP contribution in [0.4, 0.5) is 23.7 Å². The number of benzene rings is 2. The molecule has 2 fully saturated rings. The molecule has 0 aromatic heterocycles. The fourth-order valence-electron chi connectivity index (χ4n) is 6.07. The zero-order chi connectivity index (χ0) is 30.7. The van der Waals surface area contributed by atoms with Crippen molar-refractivity contribution in [1.29, 1.82) is 0 Å². The van der Waals surface area contributed by atoms with E-state index in [1.807, 2.05) is 4.90 Å². The molecular formula is C31H38F3N3O5. The van der Waals surface area contributed by atoms with E-state index in [0.29, 0.717) is 30.3 Å². The molecule has 228 valence electrons. The van der Waals surface area contributed by atoms with E-state index in [1.165, 1.54) is 24.3 Å². The second kappa shape index (κ2) is 12.2. The van der Waals surface area contributed by atoms with E-state index in [1.54, 1.807) is 29.2 Å². The average molecular weight is 590 g/mol. The van der Waals surface area contributed by atoms with E-state index < -0.39 is 12.3 Å². The highest BCUT2D eigenvalue weighted by molar-refractivity contribution is 5.95. The van der Waals surface area contributed by atoms with Crippen LogP contribution in [-0.4, -0.2) is 52.9 Å². The van der Waals surface area contributed by atoms with E-state index in [-0.39, 0.29) is 41.6 Å². The Morgan fingerprint density at radius 3 is 2.17 bits per heavy atom. The first kappa shape index (κ1) is 31.2. The van der Waals surface area contributed by atoms with Gasteiger partial charge in [0, 0.05) is 36.4 Å². The summed E-state index contributed by atoms with van der Waals surface area (Å²) in [6.07, 6.45) is -0.549. The predicted molar refractivity (Wildman–Crippen MR) is 151 cm³/mol. The van der Waals surface area contributed by atoms with Crippen molar-refractivity contribution >= 4 is 23.6 Å². The predicted octanol–water partition coefficient (Wildman–Crippen LogP) is 6.60. The number of carbonyl (C=O) groups is 3. The first-order valence-electron chi connectivity index (χ1n) is 14.2. The van der Waals surface area contributed by atoms with Gasteiger partial charge < -0.3 is 20.1 Å². The molecule has 2 aliphatic rings. The van der Waals surface area contributed by atoms with Crippen LogP contribution in [0.2, 0.25) is 0 Å².